The van der Waals surface area contributed by atoms with Crippen molar-refractivity contribution >= 4 is 17.7 Å². The van der Waals surface area contributed by atoms with Gasteiger partial charge in [0, 0.05) is 12.6 Å². The number of halogens is 3. The molecule has 0 unspecified atom stereocenters. The molecule has 0 aliphatic carbocycles. The van der Waals surface area contributed by atoms with E-state index in [0.29, 0.717) is 4.68 Å². The van der Waals surface area contributed by atoms with Crippen molar-refractivity contribution in [3.8, 4) is 5.69 Å². The Balaban J connectivity index is 1.58. The fourth-order valence-corrected chi connectivity index (χ4v) is 3.87. The number of rotatable bonds is 3. The summed E-state index contributed by atoms with van der Waals surface area (Å²) in [6.45, 7) is 1.61. The molecule has 8 nitrogen and oxygen atoms in total. The number of aromatic nitrogens is 2. The second-order valence-electron chi connectivity index (χ2n) is 7.29. The minimum Gasteiger partial charge on any atom is -0.347 e. The average Bonchev–Trinajstić information content (AvgIpc) is 3.32. The van der Waals surface area contributed by atoms with Crippen LogP contribution in [-0.2, 0) is 15.8 Å². The zero-order valence-corrected chi connectivity index (χ0v) is 15.8. The van der Waals surface area contributed by atoms with Crippen molar-refractivity contribution in [2.45, 2.75) is 37.6 Å². The summed E-state index contributed by atoms with van der Waals surface area (Å²) in [5.74, 6) is -1.59. The number of carbonyl (C=O) groups excluding carboxylic acids is 3. The lowest BCUT2D eigenvalue weighted by Gasteiger charge is -2.32. The molecule has 3 atom stereocenters. The fraction of sp³-hybridized carbons (Fsp3) is 0.368. The van der Waals surface area contributed by atoms with Crippen LogP contribution >= 0.6 is 0 Å². The monoisotopic (exact) mass is 421 g/mol. The van der Waals surface area contributed by atoms with Gasteiger partial charge in [-0.05, 0) is 25.5 Å². The number of alkyl halides is 3. The van der Waals surface area contributed by atoms with Crippen LogP contribution in [0.5, 0.6) is 0 Å². The molecular weight excluding hydrogens is 403 g/mol. The highest BCUT2D eigenvalue weighted by Crippen LogP contribution is 2.34. The third-order valence-corrected chi connectivity index (χ3v) is 5.23. The molecule has 158 valence electrons. The number of hydrogen-bond acceptors (Lipinski definition) is 4. The molecule has 2 fully saturated rings. The molecule has 3 amide bonds. The van der Waals surface area contributed by atoms with Crippen molar-refractivity contribution in [2.75, 3.05) is 6.54 Å². The zero-order valence-electron chi connectivity index (χ0n) is 15.8. The number of piperazine rings is 1. The lowest BCUT2D eigenvalue weighted by atomic mass is 10.1. The van der Waals surface area contributed by atoms with E-state index in [0.717, 1.165) is 6.20 Å². The Morgan fingerprint density at radius 1 is 1.23 bits per heavy atom. The van der Waals surface area contributed by atoms with E-state index < -0.39 is 41.5 Å². The van der Waals surface area contributed by atoms with E-state index in [1.165, 1.54) is 17.0 Å². The topological polar surface area (TPSA) is 96.3 Å². The molecule has 30 heavy (non-hydrogen) atoms. The Kier molecular flexibility index (Phi) is 4.75. The average molecular weight is 421 g/mol. The first-order valence-corrected chi connectivity index (χ1v) is 9.29. The fourth-order valence-electron chi connectivity index (χ4n) is 3.87. The summed E-state index contributed by atoms with van der Waals surface area (Å²) in [7, 11) is 0. The molecule has 0 bridgehead atoms. The number of amides is 3. The zero-order chi connectivity index (χ0) is 21.6. The molecule has 11 heteroatoms. The van der Waals surface area contributed by atoms with Crippen molar-refractivity contribution in [1.82, 2.24) is 25.3 Å². The predicted molar refractivity (Wildman–Crippen MR) is 97.5 cm³/mol. The van der Waals surface area contributed by atoms with Crippen LogP contribution in [0, 0.1) is 0 Å². The number of benzene rings is 1. The molecule has 2 saturated heterocycles. The van der Waals surface area contributed by atoms with Crippen molar-refractivity contribution in [2.24, 2.45) is 0 Å². The molecule has 2 aliphatic heterocycles. The largest absolute Gasteiger partial charge is 0.434 e. The Hall–Kier alpha value is -3.37. The van der Waals surface area contributed by atoms with Gasteiger partial charge in [-0.3, -0.25) is 14.4 Å². The summed E-state index contributed by atoms with van der Waals surface area (Å²) in [6, 6.07) is 5.61. The molecule has 2 aliphatic rings. The maximum Gasteiger partial charge on any atom is 0.434 e. The van der Waals surface area contributed by atoms with E-state index in [1.807, 2.05) is 0 Å². The van der Waals surface area contributed by atoms with Gasteiger partial charge in [-0.25, -0.2) is 4.68 Å². The van der Waals surface area contributed by atoms with Gasteiger partial charge in [0.05, 0.1) is 17.4 Å². The SMILES string of the molecule is C[C@@H]1NC(=O)[C@@H]2C[C@H](NC(=O)c3cnn(-c4ccccc4)c3C(F)(F)F)CN2C1=O. The second-order valence-corrected chi connectivity index (χ2v) is 7.29. The number of carbonyl (C=O) groups is 3. The van der Waals surface area contributed by atoms with Gasteiger partial charge in [-0.1, -0.05) is 18.2 Å². The lowest BCUT2D eigenvalue weighted by molar-refractivity contribution is -0.146. The van der Waals surface area contributed by atoms with Crippen LogP contribution in [0.2, 0.25) is 0 Å². The molecule has 0 radical (unpaired) electrons. The Morgan fingerprint density at radius 2 is 1.93 bits per heavy atom. The summed E-state index contributed by atoms with van der Waals surface area (Å²) in [6.07, 6.45) is -3.82. The maximum absolute atomic E-state index is 13.7. The molecule has 0 spiro atoms. The van der Waals surface area contributed by atoms with Gasteiger partial charge in [0.2, 0.25) is 11.8 Å². The van der Waals surface area contributed by atoms with Crippen molar-refractivity contribution in [1.29, 1.82) is 0 Å². The number of hydrogen-bond donors (Lipinski definition) is 2. The highest BCUT2D eigenvalue weighted by molar-refractivity contribution is 5.98. The Morgan fingerprint density at radius 3 is 2.60 bits per heavy atom. The van der Waals surface area contributed by atoms with Crippen LogP contribution < -0.4 is 10.6 Å². The highest BCUT2D eigenvalue weighted by Gasteiger charge is 2.46. The Bertz CT molecular complexity index is 1000. The Labute approximate surface area is 169 Å². The summed E-state index contributed by atoms with van der Waals surface area (Å²) in [5.41, 5.74) is -1.65. The molecule has 2 N–H and O–H groups in total. The maximum atomic E-state index is 13.7. The van der Waals surface area contributed by atoms with Gasteiger partial charge in [0.15, 0.2) is 5.69 Å². The molecular formula is C19H18F3N5O3. The van der Waals surface area contributed by atoms with E-state index >= 15 is 0 Å². The summed E-state index contributed by atoms with van der Waals surface area (Å²) >= 11 is 0. The van der Waals surface area contributed by atoms with Gasteiger partial charge in [0.25, 0.3) is 5.91 Å². The molecule has 0 saturated carbocycles. The number of fused-ring (bicyclic) bond motifs is 1. The summed E-state index contributed by atoms with van der Waals surface area (Å²) in [4.78, 5) is 38.4. The smallest absolute Gasteiger partial charge is 0.347 e. The molecule has 2 aromatic rings. The molecule has 3 heterocycles. The first kappa shape index (κ1) is 19.9. The number of nitrogens with one attached hydrogen (secondary N) is 2. The highest BCUT2D eigenvalue weighted by atomic mass is 19.4. The van der Waals surface area contributed by atoms with E-state index in [9.17, 15) is 27.6 Å². The van der Waals surface area contributed by atoms with Crippen LogP contribution in [0.15, 0.2) is 36.5 Å². The van der Waals surface area contributed by atoms with Gasteiger partial charge < -0.3 is 15.5 Å². The van der Waals surface area contributed by atoms with Gasteiger partial charge in [0.1, 0.15) is 12.1 Å². The van der Waals surface area contributed by atoms with E-state index in [4.69, 9.17) is 0 Å². The van der Waals surface area contributed by atoms with Crippen LogP contribution in [0.4, 0.5) is 13.2 Å². The van der Waals surface area contributed by atoms with E-state index in [2.05, 4.69) is 15.7 Å². The first-order chi connectivity index (χ1) is 14.2. The van der Waals surface area contributed by atoms with Crippen LogP contribution in [0.1, 0.15) is 29.4 Å². The molecule has 1 aromatic carbocycles. The normalized spacial score (nSPS) is 23.9. The molecule has 1 aromatic heterocycles. The van der Waals surface area contributed by atoms with Gasteiger partial charge >= 0.3 is 6.18 Å². The van der Waals surface area contributed by atoms with Crippen LogP contribution in [-0.4, -0.2) is 57.1 Å². The summed E-state index contributed by atoms with van der Waals surface area (Å²) in [5, 5.41) is 8.83. The standard InChI is InChI=1S/C19H18F3N5O3/c1-10-18(30)26-9-11(7-14(26)17(29)24-10)25-16(28)13-8-23-27(15(13)19(20,21)22)12-5-3-2-4-6-12/h2-6,8,10-11,14H,7,9H2,1H3,(H,24,29)(H,25,28)/t10-,11-,14-/m0/s1. The first-order valence-electron chi connectivity index (χ1n) is 9.29. The molecule has 4 rings (SSSR count). The van der Waals surface area contributed by atoms with Crippen molar-refractivity contribution < 1.29 is 27.6 Å². The van der Waals surface area contributed by atoms with E-state index in [-0.39, 0.29) is 30.5 Å². The minimum absolute atomic E-state index is 0.0567. The predicted octanol–water partition coefficient (Wildman–Crippen LogP) is 1.11. The van der Waals surface area contributed by atoms with Crippen molar-refractivity contribution in [3.63, 3.8) is 0 Å². The van der Waals surface area contributed by atoms with Crippen molar-refractivity contribution in [3.05, 3.63) is 47.8 Å². The van der Waals surface area contributed by atoms with Crippen LogP contribution in [0.25, 0.3) is 5.69 Å². The van der Waals surface area contributed by atoms with Crippen LogP contribution in [0.3, 0.4) is 0 Å². The third-order valence-electron chi connectivity index (χ3n) is 5.23. The second kappa shape index (κ2) is 7.15. The summed E-state index contributed by atoms with van der Waals surface area (Å²) < 4.78 is 41.9. The van der Waals surface area contributed by atoms with Gasteiger partial charge in [-0.2, -0.15) is 18.3 Å². The van der Waals surface area contributed by atoms with E-state index in [1.54, 1.807) is 25.1 Å². The minimum atomic E-state index is -4.82. The van der Waals surface area contributed by atoms with Gasteiger partial charge in [-0.15, -0.1) is 0 Å². The number of nitrogens with zero attached hydrogens (tertiary/aromatic N) is 3. The number of para-hydroxylation sites is 1. The third kappa shape index (κ3) is 3.40. The quantitative estimate of drug-likeness (QED) is 0.776. The lowest BCUT2D eigenvalue weighted by Crippen LogP contribution is -2.60.